The monoisotopic (exact) mass is 419 g/mol. The Morgan fingerprint density at radius 1 is 1.28 bits per heavy atom. The van der Waals surface area contributed by atoms with E-state index in [1.165, 1.54) is 16.4 Å². The highest BCUT2D eigenvalue weighted by molar-refractivity contribution is 7.89. The Bertz CT molecular complexity index is 993. The van der Waals surface area contributed by atoms with Crippen molar-refractivity contribution in [3.05, 3.63) is 58.1 Å². The lowest BCUT2D eigenvalue weighted by atomic mass is 10.0. The standard InChI is InChI=1S/C20H25N3O5S/c1-15-5-4-10-22(14-15)29(26,27)18-8-9-19(20(12-18)23(24)25)21-13-16-6-3-7-17(11-16)28-2/h3,6-9,11-12,15,21H,4-5,10,13-14H2,1-2H3/t15-/m1/s1. The second-order valence-electron chi connectivity index (χ2n) is 7.25. The van der Waals surface area contributed by atoms with Gasteiger partial charge >= 0.3 is 0 Å². The Morgan fingerprint density at radius 2 is 2.07 bits per heavy atom. The minimum absolute atomic E-state index is 0.0507. The third-order valence-corrected chi connectivity index (χ3v) is 6.90. The fourth-order valence-electron chi connectivity index (χ4n) is 3.47. The summed E-state index contributed by atoms with van der Waals surface area (Å²) in [7, 11) is -2.19. The number of nitro benzene ring substituents is 1. The molecule has 9 heteroatoms. The Balaban J connectivity index is 1.84. The van der Waals surface area contributed by atoms with Gasteiger partial charge in [0.25, 0.3) is 5.69 Å². The number of rotatable bonds is 7. The molecule has 29 heavy (non-hydrogen) atoms. The van der Waals surface area contributed by atoms with Crippen LogP contribution in [-0.2, 0) is 16.6 Å². The molecule has 0 saturated carbocycles. The molecular weight excluding hydrogens is 394 g/mol. The minimum Gasteiger partial charge on any atom is -0.497 e. The van der Waals surface area contributed by atoms with Crippen LogP contribution in [0.15, 0.2) is 47.4 Å². The summed E-state index contributed by atoms with van der Waals surface area (Å²) in [6.07, 6.45) is 1.78. The Hall–Kier alpha value is -2.65. The number of sulfonamides is 1. The third kappa shape index (κ3) is 4.86. The second kappa shape index (κ2) is 8.79. The van der Waals surface area contributed by atoms with Gasteiger partial charge in [0.2, 0.25) is 10.0 Å². The minimum atomic E-state index is -3.76. The van der Waals surface area contributed by atoms with Crippen LogP contribution in [0.1, 0.15) is 25.3 Å². The van der Waals surface area contributed by atoms with E-state index in [2.05, 4.69) is 5.32 Å². The lowest BCUT2D eigenvalue weighted by Crippen LogP contribution is -2.39. The number of methoxy groups -OCH3 is 1. The smallest absolute Gasteiger partial charge is 0.293 e. The van der Waals surface area contributed by atoms with Crippen molar-refractivity contribution in [1.29, 1.82) is 0 Å². The van der Waals surface area contributed by atoms with Crippen LogP contribution in [0, 0.1) is 16.0 Å². The van der Waals surface area contributed by atoms with Crippen LogP contribution < -0.4 is 10.1 Å². The van der Waals surface area contributed by atoms with Gasteiger partial charge in [0.15, 0.2) is 0 Å². The van der Waals surface area contributed by atoms with Crippen LogP contribution in [0.5, 0.6) is 5.75 Å². The zero-order chi connectivity index (χ0) is 21.0. The van der Waals surface area contributed by atoms with E-state index in [4.69, 9.17) is 4.74 Å². The number of nitrogens with zero attached hydrogens (tertiary/aromatic N) is 2. The topological polar surface area (TPSA) is 102 Å². The van der Waals surface area contributed by atoms with E-state index >= 15 is 0 Å². The molecule has 0 spiro atoms. The summed E-state index contributed by atoms with van der Waals surface area (Å²) in [5.74, 6) is 0.966. The predicted octanol–water partition coefficient (Wildman–Crippen LogP) is 3.64. The number of anilines is 1. The van der Waals surface area contributed by atoms with E-state index in [0.717, 1.165) is 24.5 Å². The zero-order valence-corrected chi connectivity index (χ0v) is 17.3. The maximum Gasteiger partial charge on any atom is 0.293 e. The number of hydrogen-bond acceptors (Lipinski definition) is 6. The second-order valence-corrected chi connectivity index (χ2v) is 9.19. The van der Waals surface area contributed by atoms with Crippen molar-refractivity contribution < 1.29 is 18.1 Å². The zero-order valence-electron chi connectivity index (χ0n) is 16.5. The molecule has 2 aromatic rings. The van der Waals surface area contributed by atoms with Gasteiger partial charge < -0.3 is 10.1 Å². The molecule has 0 amide bonds. The molecule has 0 aliphatic carbocycles. The first-order valence-electron chi connectivity index (χ1n) is 9.46. The van der Waals surface area contributed by atoms with Gasteiger partial charge in [-0.05, 0) is 48.6 Å². The fraction of sp³-hybridized carbons (Fsp3) is 0.400. The number of hydrogen-bond donors (Lipinski definition) is 1. The first-order valence-corrected chi connectivity index (χ1v) is 10.9. The molecule has 1 aliphatic rings. The van der Waals surface area contributed by atoms with Crippen LogP contribution >= 0.6 is 0 Å². The molecule has 1 heterocycles. The highest BCUT2D eigenvalue weighted by atomic mass is 32.2. The normalized spacial score (nSPS) is 17.7. The molecule has 1 N–H and O–H groups in total. The van der Waals surface area contributed by atoms with Crippen molar-refractivity contribution in [2.45, 2.75) is 31.2 Å². The molecule has 1 aliphatic heterocycles. The SMILES string of the molecule is COc1cccc(CNc2ccc(S(=O)(=O)N3CCC[C@@H](C)C3)cc2[N+](=O)[O-])c1. The van der Waals surface area contributed by atoms with Gasteiger partial charge in [0, 0.05) is 25.7 Å². The number of nitro groups is 1. The Kier molecular flexibility index (Phi) is 6.39. The highest BCUT2D eigenvalue weighted by Gasteiger charge is 2.30. The van der Waals surface area contributed by atoms with Crippen molar-refractivity contribution >= 4 is 21.4 Å². The first kappa shape index (κ1) is 21.1. The Morgan fingerprint density at radius 3 is 2.76 bits per heavy atom. The van der Waals surface area contributed by atoms with Crippen molar-refractivity contribution in [2.24, 2.45) is 5.92 Å². The van der Waals surface area contributed by atoms with Gasteiger partial charge in [-0.2, -0.15) is 4.31 Å². The van der Waals surface area contributed by atoms with E-state index in [-0.39, 0.29) is 22.2 Å². The lowest BCUT2D eigenvalue weighted by Gasteiger charge is -2.30. The molecule has 156 valence electrons. The quantitative estimate of drug-likeness (QED) is 0.543. The summed E-state index contributed by atoms with van der Waals surface area (Å²) >= 11 is 0. The van der Waals surface area contributed by atoms with Crippen molar-refractivity contribution in [1.82, 2.24) is 4.31 Å². The fourth-order valence-corrected chi connectivity index (χ4v) is 5.08. The number of nitrogens with one attached hydrogen (secondary N) is 1. The van der Waals surface area contributed by atoms with Crippen LogP contribution in [0.4, 0.5) is 11.4 Å². The van der Waals surface area contributed by atoms with Gasteiger partial charge in [-0.15, -0.1) is 0 Å². The lowest BCUT2D eigenvalue weighted by molar-refractivity contribution is -0.384. The summed E-state index contributed by atoms with van der Waals surface area (Å²) in [5.41, 5.74) is 0.889. The number of benzene rings is 2. The molecule has 3 rings (SSSR count). The van der Waals surface area contributed by atoms with Crippen molar-refractivity contribution in [2.75, 3.05) is 25.5 Å². The molecule has 1 saturated heterocycles. The van der Waals surface area contributed by atoms with Gasteiger partial charge in [0.05, 0.1) is 16.9 Å². The summed E-state index contributed by atoms with van der Waals surface area (Å²) in [4.78, 5) is 11.0. The third-order valence-electron chi connectivity index (χ3n) is 5.04. The molecule has 2 aromatic carbocycles. The largest absolute Gasteiger partial charge is 0.497 e. The highest BCUT2D eigenvalue weighted by Crippen LogP contribution is 2.31. The van der Waals surface area contributed by atoms with Gasteiger partial charge in [-0.25, -0.2) is 8.42 Å². The molecule has 8 nitrogen and oxygen atoms in total. The van der Waals surface area contributed by atoms with Gasteiger partial charge in [-0.3, -0.25) is 10.1 Å². The summed E-state index contributed by atoms with van der Waals surface area (Å²) in [6.45, 7) is 3.23. The summed E-state index contributed by atoms with van der Waals surface area (Å²) < 4.78 is 32.5. The average molecular weight is 420 g/mol. The molecule has 0 unspecified atom stereocenters. The molecular formula is C20H25N3O5S. The first-order chi connectivity index (χ1) is 13.8. The van der Waals surface area contributed by atoms with Crippen LogP contribution in [0.25, 0.3) is 0 Å². The van der Waals surface area contributed by atoms with E-state index in [1.54, 1.807) is 7.11 Å². The van der Waals surface area contributed by atoms with Crippen LogP contribution in [-0.4, -0.2) is 37.8 Å². The predicted molar refractivity (Wildman–Crippen MR) is 111 cm³/mol. The van der Waals surface area contributed by atoms with Gasteiger partial charge in [-0.1, -0.05) is 19.1 Å². The average Bonchev–Trinajstić information content (AvgIpc) is 2.72. The molecule has 1 fully saturated rings. The van der Waals surface area contributed by atoms with E-state index < -0.39 is 14.9 Å². The molecule has 0 aromatic heterocycles. The Labute approximate surface area is 170 Å². The molecule has 0 bridgehead atoms. The van der Waals surface area contributed by atoms with E-state index in [9.17, 15) is 18.5 Å². The van der Waals surface area contributed by atoms with Gasteiger partial charge in [0.1, 0.15) is 11.4 Å². The number of ether oxygens (including phenoxy) is 1. The maximum absolute atomic E-state index is 12.9. The van der Waals surface area contributed by atoms with Crippen molar-refractivity contribution in [3.63, 3.8) is 0 Å². The number of piperidine rings is 1. The van der Waals surface area contributed by atoms with E-state index in [0.29, 0.717) is 25.4 Å². The summed E-state index contributed by atoms with van der Waals surface area (Å²) in [6, 6.07) is 11.4. The maximum atomic E-state index is 12.9. The summed E-state index contributed by atoms with van der Waals surface area (Å²) in [5, 5.41) is 14.6. The molecule has 1 atom stereocenters. The molecule has 0 radical (unpaired) electrons. The van der Waals surface area contributed by atoms with E-state index in [1.807, 2.05) is 31.2 Å². The van der Waals surface area contributed by atoms with Crippen LogP contribution in [0.2, 0.25) is 0 Å². The van der Waals surface area contributed by atoms with Crippen molar-refractivity contribution in [3.8, 4) is 5.75 Å². The van der Waals surface area contributed by atoms with Crippen LogP contribution in [0.3, 0.4) is 0 Å².